The summed E-state index contributed by atoms with van der Waals surface area (Å²) in [5, 5.41) is 4.56. The van der Waals surface area contributed by atoms with Crippen LogP contribution in [-0.4, -0.2) is 14.8 Å². The SMILES string of the molecule is CCCC(C)c1nn(C)c2cccnc12. The normalized spacial score (nSPS) is 13.3. The predicted octanol–water partition coefficient (Wildman–Crippen LogP) is 2.87. The van der Waals surface area contributed by atoms with Gasteiger partial charge in [-0.05, 0) is 18.6 Å². The quantitative estimate of drug-likeness (QED) is 0.768. The Morgan fingerprint density at radius 1 is 1.47 bits per heavy atom. The third kappa shape index (κ3) is 1.74. The first-order valence-electron chi connectivity index (χ1n) is 5.51. The average Bonchev–Trinajstić information content (AvgIpc) is 2.58. The molecule has 2 rings (SSSR count). The summed E-state index contributed by atoms with van der Waals surface area (Å²) in [7, 11) is 1.98. The van der Waals surface area contributed by atoms with Crippen molar-refractivity contribution in [3.05, 3.63) is 24.0 Å². The monoisotopic (exact) mass is 203 g/mol. The van der Waals surface area contributed by atoms with Crippen molar-refractivity contribution in [3.8, 4) is 0 Å². The maximum absolute atomic E-state index is 4.56. The van der Waals surface area contributed by atoms with Gasteiger partial charge in [0.05, 0.1) is 11.2 Å². The van der Waals surface area contributed by atoms with Crippen molar-refractivity contribution in [1.82, 2.24) is 14.8 Å². The Morgan fingerprint density at radius 2 is 2.27 bits per heavy atom. The molecule has 1 atom stereocenters. The van der Waals surface area contributed by atoms with Gasteiger partial charge in [-0.1, -0.05) is 20.3 Å². The second-order valence-corrected chi connectivity index (χ2v) is 4.07. The molecule has 0 fully saturated rings. The summed E-state index contributed by atoms with van der Waals surface area (Å²) in [6.45, 7) is 4.43. The van der Waals surface area contributed by atoms with Crippen molar-refractivity contribution in [2.75, 3.05) is 0 Å². The molecule has 0 radical (unpaired) electrons. The van der Waals surface area contributed by atoms with E-state index in [-0.39, 0.29) is 0 Å². The van der Waals surface area contributed by atoms with Gasteiger partial charge in [0.2, 0.25) is 0 Å². The molecule has 0 aliphatic rings. The van der Waals surface area contributed by atoms with E-state index in [4.69, 9.17) is 0 Å². The third-order valence-corrected chi connectivity index (χ3v) is 2.82. The fraction of sp³-hybridized carbons (Fsp3) is 0.500. The maximum Gasteiger partial charge on any atom is 0.112 e. The van der Waals surface area contributed by atoms with Crippen molar-refractivity contribution in [2.24, 2.45) is 7.05 Å². The van der Waals surface area contributed by atoms with Gasteiger partial charge in [-0.15, -0.1) is 0 Å². The zero-order valence-corrected chi connectivity index (χ0v) is 9.57. The van der Waals surface area contributed by atoms with Crippen LogP contribution in [0.15, 0.2) is 18.3 Å². The number of aromatic nitrogens is 3. The first-order chi connectivity index (χ1) is 7.24. The van der Waals surface area contributed by atoms with Crippen molar-refractivity contribution >= 4 is 11.0 Å². The molecule has 3 heteroatoms. The summed E-state index contributed by atoms with van der Waals surface area (Å²) in [6.07, 6.45) is 4.20. The molecule has 0 saturated heterocycles. The Morgan fingerprint density at radius 3 is 3.00 bits per heavy atom. The van der Waals surface area contributed by atoms with E-state index in [9.17, 15) is 0 Å². The zero-order valence-electron chi connectivity index (χ0n) is 9.57. The van der Waals surface area contributed by atoms with E-state index in [1.807, 2.05) is 24.0 Å². The highest BCUT2D eigenvalue weighted by Crippen LogP contribution is 2.25. The summed E-state index contributed by atoms with van der Waals surface area (Å²) < 4.78 is 1.92. The Hall–Kier alpha value is -1.38. The molecule has 3 nitrogen and oxygen atoms in total. The molecule has 2 aromatic heterocycles. The van der Waals surface area contributed by atoms with Crippen molar-refractivity contribution in [3.63, 3.8) is 0 Å². The summed E-state index contributed by atoms with van der Waals surface area (Å²) in [5.41, 5.74) is 3.31. The molecular weight excluding hydrogens is 186 g/mol. The highest BCUT2D eigenvalue weighted by molar-refractivity contribution is 5.77. The van der Waals surface area contributed by atoms with Crippen LogP contribution in [-0.2, 0) is 7.05 Å². The largest absolute Gasteiger partial charge is 0.266 e. The number of aryl methyl sites for hydroxylation is 1. The topological polar surface area (TPSA) is 30.7 Å². The summed E-state index contributed by atoms with van der Waals surface area (Å²) >= 11 is 0. The number of hydrogen-bond acceptors (Lipinski definition) is 2. The molecule has 2 aromatic rings. The minimum atomic E-state index is 0.494. The maximum atomic E-state index is 4.56. The first-order valence-corrected chi connectivity index (χ1v) is 5.51. The highest BCUT2D eigenvalue weighted by atomic mass is 15.3. The van der Waals surface area contributed by atoms with E-state index in [0.29, 0.717) is 5.92 Å². The lowest BCUT2D eigenvalue weighted by atomic mass is 10.0. The molecule has 0 amide bonds. The molecule has 1 unspecified atom stereocenters. The van der Waals surface area contributed by atoms with Crippen LogP contribution in [0.5, 0.6) is 0 Å². The standard InChI is InChI=1S/C12H17N3/c1-4-6-9(2)11-12-10(15(3)14-11)7-5-8-13-12/h5,7-9H,4,6H2,1-3H3. The molecule has 0 bridgehead atoms. The molecule has 0 aromatic carbocycles. The molecule has 0 spiro atoms. The van der Waals surface area contributed by atoms with Crippen molar-refractivity contribution in [1.29, 1.82) is 0 Å². The van der Waals surface area contributed by atoms with Gasteiger partial charge in [0.1, 0.15) is 5.52 Å². The lowest BCUT2D eigenvalue weighted by Crippen LogP contribution is -1.96. The van der Waals surface area contributed by atoms with Crippen molar-refractivity contribution < 1.29 is 0 Å². The van der Waals surface area contributed by atoms with Gasteiger partial charge in [0.25, 0.3) is 0 Å². The van der Waals surface area contributed by atoms with Gasteiger partial charge < -0.3 is 0 Å². The molecule has 2 heterocycles. The number of fused-ring (bicyclic) bond motifs is 1. The van der Waals surface area contributed by atoms with Gasteiger partial charge in [-0.25, -0.2) is 0 Å². The van der Waals surface area contributed by atoms with Gasteiger partial charge >= 0.3 is 0 Å². The van der Waals surface area contributed by atoms with Crippen LogP contribution >= 0.6 is 0 Å². The smallest absolute Gasteiger partial charge is 0.112 e. The Labute approximate surface area is 90.1 Å². The number of pyridine rings is 1. The lowest BCUT2D eigenvalue weighted by Gasteiger charge is -2.05. The Balaban J connectivity index is 2.52. The van der Waals surface area contributed by atoms with Gasteiger partial charge in [0, 0.05) is 19.2 Å². The fourth-order valence-corrected chi connectivity index (χ4v) is 2.02. The Bertz CT molecular complexity index is 459. The van der Waals surface area contributed by atoms with E-state index in [2.05, 4.69) is 30.0 Å². The third-order valence-electron chi connectivity index (χ3n) is 2.82. The van der Waals surface area contributed by atoms with E-state index in [0.717, 1.165) is 16.7 Å². The first kappa shape index (κ1) is 10.1. The number of hydrogen-bond donors (Lipinski definition) is 0. The molecule has 0 aliphatic heterocycles. The molecular formula is C12H17N3. The van der Waals surface area contributed by atoms with E-state index < -0.39 is 0 Å². The number of rotatable bonds is 3. The molecule has 0 saturated carbocycles. The summed E-state index contributed by atoms with van der Waals surface area (Å²) in [6, 6.07) is 4.02. The predicted molar refractivity (Wildman–Crippen MR) is 61.8 cm³/mol. The van der Waals surface area contributed by atoms with Crippen LogP contribution < -0.4 is 0 Å². The van der Waals surface area contributed by atoms with E-state index in [1.165, 1.54) is 12.8 Å². The number of nitrogens with zero attached hydrogens (tertiary/aromatic N) is 3. The van der Waals surface area contributed by atoms with E-state index >= 15 is 0 Å². The van der Waals surface area contributed by atoms with Crippen LogP contribution in [0, 0.1) is 0 Å². The molecule has 80 valence electrons. The van der Waals surface area contributed by atoms with Gasteiger partial charge in [-0.3, -0.25) is 9.67 Å². The average molecular weight is 203 g/mol. The van der Waals surface area contributed by atoms with E-state index in [1.54, 1.807) is 0 Å². The van der Waals surface area contributed by atoms with Crippen LogP contribution in [0.1, 0.15) is 38.3 Å². The highest BCUT2D eigenvalue weighted by Gasteiger charge is 2.14. The van der Waals surface area contributed by atoms with Gasteiger partial charge in [-0.2, -0.15) is 5.10 Å². The van der Waals surface area contributed by atoms with Crippen LogP contribution in [0.3, 0.4) is 0 Å². The molecule has 15 heavy (non-hydrogen) atoms. The van der Waals surface area contributed by atoms with Crippen LogP contribution in [0.2, 0.25) is 0 Å². The fourth-order valence-electron chi connectivity index (χ4n) is 2.02. The minimum Gasteiger partial charge on any atom is -0.266 e. The lowest BCUT2D eigenvalue weighted by molar-refractivity contribution is 0.630. The molecule has 0 N–H and O–H groups in total. The van der Waals surface area contributed by atoms with Crippen LogP contribution in [0.25, 0.3) is 11.0 Å². The zero-order chi connectivity index (χ0) is 10.8. The molecule has 0 aliphatic carbocycles. The minimum absolute atomic E-state index is 0.494. The Kier molecular flexibility index (Phi) is 2.71. The second-order valence-electron chi connectivity index (χ2n) is 4.07. The summed E-state index contributed by atoms with van der Waals surface area (Å²) in [4.78, 5) is 4.42. The van der Waals surface area contributed by atoms with Crippen LogP contribution in [0.4, 0.5) is 0 Å². The van der Waals surface area contributed by atoms with Crippen molar-refractivity contribution in [2.45, 2.75) is 32.6 Å². The summed E-state index contributed by atoms with van der Waals surface area (Å²) in [5.74, 6) is 0.494. The second kappa shape index (κ2) is 4.01. The van der Waals surface area contributed by atoms with Gasteiger partial charge in [0.15, 0.2) is 0 Å².